The molecule has 0 unspecified atom stereocenters. The number of carbonyl (C=O) groups is 1. The number of nitriles is 1. The summed E-state index contributed by atoms with van der Waals surface area (Å²) in [6, 6.07) is 12.9. The normalized spacial score (nSPS) is 10.9. The Morgan fingerprint density at radius 2 is 2.04 bits per heavy atom. The number of benzene rings is 2. The summed E-state index contributed by atoms with van der Waals surface area (Å²) in [4.78, 5) is 19.5. The van der Waals surface area contributed by atoms with Gasteiger partial charge in [-0.25, -0.2) is 0 Å². The van der Waals surface area contributed by atoms with Gasteiger partial charge in [-0.3, -0.25) is 4.79 Å². The third kappa shape index (κ3) is 2.27. The predicted molar refractivity (Wildman–Crippen MR) is 96.0 cm³/mol. The predicted octanol–water partition coefficient (Wildman–Crippen LogP) is 4.07. The van der Waals surface area contributed by atoms with E-state index in [0.717, 1.165) is 27.4 Å². The van der Waals surface area contributed by atoms with Crippen LogP contribution < -0.4 is 4.74 Å². The van der Waals surface area contributed by atoms with Gasteiger partial charge in [0.1, 0.15) is 5.75 Å². The topological polar surface area (TPSA) is 81.7 Å². The number of fused-ring (bicyclic) bond motifs is 2. The molecule has 25 heavy (non-hydrogen) atoms. The second-order valence-electron chi connectivity index (χ2n) is 5.96. The van der Waals surface area contributed by atoms with E-state index >= 15 is 0 Å². The molecule has 0 aliphatic rings. The number of hydrogen-bond donors (Lipinski definition) is 2. The summed E-state index contributed by atoms with van der Waals surface area (Å²) in [6.45, 7) is 1.97. The molecule has 2 aromatic carbocycles. The average molecular weight is 329 g/mol. The second-order valence-corrected chi connectivity index (χ2v) is 5.96. The van der Waals surface area contributed by atoms with Crippen LogP contribution >= 0.6 is 0 Å². The fraction of sp³-hybridized carbons (Fsp3) is 0.100. The van der Waals surface area contributed by atoms with Gasteiger partial charge in [0.05, 0.1) is 30.0 Å². The van der Waals surface area contributed by atoms with Crippen LogP contribution in [0.25, 0.3) is 21.8 Å². The summed E-state index contributed by atoms with van der Waals surface area (Å²) in [5.41, 5.74) is 4.31. The quantitative estimate of drug-likeness (QED) is 0.556. The smallest absolute Gasteiger partial charge is 0.213 e. The van der Waals surface area contributed by atoms with E-state index in [-0.39, 0.29) is 5.78 Å². The zero-order valence-corrected chi connectivity index (χ0v) is 13.8. The highest BCUT2D eigenvalue weighted by Crippen LogP contribution is 2.32. The van der Waals surface area contributed by atoms with Crippen LogP contribution in [0.3, 0.4) is 0 Å². The number of ether oxygens (including phenoxy) is 1. The second kappa shape index (κ2) is 5.53. The number of aryl methyl sites for hydroxylation is 1. The molecule has 5 heteroatoms. The molecule has 0 radical (unpaired) electrons. The molecule has 0 saturated heterocycles. The SMILES string of the molecule is COc1cc(C)c2[nH]ccc2c1C(=O)c1cc2cc(C#N)ccc2[nH]1. The molecule has 0 bridgehead atoms. The molecule has 122 valence electrons. The first-order valence-electron chi connectivity index (χ1n) is 7.84. The first kappa shape index (κ1) is 15.0. The van der Waals surface area contributed by atoms with Crippen molar-refractivity contribution in [3.05, 3.63) is 65.0 Å². The van der Waals surface area contributed by atoms with Crippen molar-refractivity contribution in [1.29, 1.82) is 5.26 Å². The third-order valence-electron chi connectivity index (χ3n) is 4.45. The number of carbonyl (C=O) groups excluding carboxylic acids is 1. The van der Waals surface area contributed by atoms with E-state index < -0.39 is 0 Å². The number of aromatic amines is 2. The molecule has 0 amide bonds. The lowest BCUT2D eigenvalue weighted by Crippen LogP contribution is -2.05. The van der Waals surface area contributed by atoms with E-state index in [1.165, 1.54) is 0 Å². The van der Waals surface area contributed by atoms with Gasteiger partial charge in [0.15, 0.2) is 0 Å². The summed E-state index contributed by atoms with van der Waals surface area (Å²) < 4.78 is 5.47. The number of nitrogens with zero attached hydrogens (tertiary/aromatic N) is 1. The van der Waals surface area contributed by atoms with E-state index in [4.69, 9.17) is 10.00 Å². The lowest BCUT2D eigenvalue weighted by atomic mass is 10.00. The highest BCUT2D eigenvalue weighted by Gasteiger charge is 2.21. The van der Waals surface area contributed by atoms with Crippen molar-refractivity contribution >= 4 is 27.6 Å². The van der Waals surface area contributed by atoms with Crippen LogP contribution in [0.5, 0.6) is 5.75 Å². The summed E-state index contributed by atoms with van der Waals surface area (Å²) in [5.74, 6) is 0.405. The molecular formula is C20H15N3O2. The fourth-order valence-corrected chi connectivity index (χ4v) is 3.23. The molecule has 5 nitrogen and oxygen atoms in total. The van der Waals surface area contributed by atoms with E-state index in [9.17, 15) is 4.79 Å². The third-order valence-corrected chi connectivity index (χ3v) is 4.45. The van der Waals surface area contributed by atoms with Gasteiger partial charge in [-0.05, 0) is 48.9 Å². The van der Waals surface area contributed by atoms with Gasteiger partial charge in [-0.1, -0.05) is 0 Å². The molecule has 0 saturated carbocycles. The maximum atomic E-state index is 13.2. The summed E-state index contributed by atoms with van der Waals surface area (Å²) in [6.07, 6.45) is 1.82. The van der Waals surface area contributed by atoms with Crippen molar-refractivity contribution in [2.45, 2.75) is 6.92 Å². The van der Waals surface area contributed by atoms with E-state index in [0.29, 0.717) is 22.6 Å². The first-order chi connectivity index (χ1) is 12.1. The number of aromatic nitrogens is 2. The Bertz CT molecular complexity index is 1180. The standard InChI is InChI=1S/C20H15N3O2/c1-11-7-17(25-2)18(14-5-6-22-19(11)14)20(24)16-9-13-8-12(10-21)3-4-15(13)23-16/h3-9,22-23H,1-2H3. The van der Waals surface area contributed by atoms with Crippen LogP contribution in [0.1, 0.15) is 27.2 Å². The molecule has 0 spiro atoms. The number of methoxy groups -OCH3 is 1. The van der Waals surface area contributed by atoms with E-state index in [1.54, 1.807) is 25.3 Å². The van der Waals surface area contributed by atoms with E-state index in [2.05, 4.69) is 16.0 Å². The largest absolute Gasteiger partial charge is 0.496 e. The lowest BCUT2D eigenvalue weighted by molar-refractivity contribution is 0.103. The monoisotopic (exact) mass is 329 g/mol. The zero-order valence-electron chi connectivity index (χ0n) is 13.8. The van der Waals surface area contributed by atoms with Crippen LogP contribution in [-0.4, -0.2) is 22.9 Å². The van der Waals surface area contributed by atoms with Crippen LogP contribution in [0.15, 0.2) is 42.6 Å². The Labute approximate surface area is 143 Å². The van der Waals surface area contributed by atoms with Gasteiger partial charge >= 0.3 is 0 Å². The van der Waals surface area contributed by atoms with Crippen molar-refractivity contribution in [3.8, 4) is 11.8 Å². The molecule has 0 fully saturated rings. The van der Waals surface area contributed by atoms with Crippen LogP contribution in [0, 0.1) is 18.3 Å². The molecule has 0 aliphatic carbocycles. The minimum atomic E-state index is -0.142. The zero-order chi connectivity index (χ0) is 17.6. The number of hydrogen-bond acceptors (Lipinski definition) is 3. The van der Waals surface area contributed by atoms with Crippen LogP contribution in [0.4, 0.5) is 0 Å². The average Bonchev–Trinajstić information content (AvgIpc) is 3.27. The van der Waals surface area contributed by atoms with Crippen molar-refractivity contribution in [2.24, 2.45) is 0 Å². The van der Waals surface area contributed by atoms with Gasteiger partial charge in [0.2, 0.25) is 5.78 Å². The lowest BCUT2D eigenvalue weighted by Gasteiger charge is -2.10. The Hall–Kier alpha value is -3.52. The minimum absolute atomic E-state index is 0.142. The molecule has 4 aromatic rings. The molecule has 0 aliphatic heterocycles. The van der Waals surface area contributed by atoms with Crippen molar-refractivity contribution in [3.63, 3.8) is 0 Å². The van der Waals surface area contributed by atoms with Gasteiger partial charge in [-0.2, -0.15) is 5.26 Å². The minimum Gasteiger partial charge on any atom is -0.496 e. The molecule has 0 atom stereocenters. The molecular weight excluding hydrogens is 314 g/mol. The Morgan fingerprint density at radius 1 is 1.20 bits per heavy atom. The Morgan fingerprint density at radius 3 is 2.80 bits per heavy atom. The molecule has 2 N–H and O–H groups in total. The van der Waals surface area contributed by atoms with Crippen LogP contribution in [0.2, 0.25) is 0 Å². The summed E-state index contributed by atoms with van der Waals surface area (Å²) in [7, 11) is 1.56. The van der Waals surface area contributed by atoms with Crippen molar-refractivity contribution in [1.82, 2.24) is 9.97 Å². The first-order valence-corrected chi connectivity index (χ1v) is 7.84. The number of H-pyrrole nitrogens is 2. The van der Waals surface area contributed by atoms with Crippen molar-refractivity contribution < 1.29 is 9.53 Å². The number of nitrogens with one attached hydrogen (secondary N) is 2. The highest BCUT2D eigenvalue weighted by atomic mass is 16.5. The summed E-state index contributed by atoms with van der Waals surface area (Å²) >= 11 is 0. The van der Waals surface area contributed by atoms with Gasteiger partial charge in [-0.15, -0.1) is 0 Å². The van der Waals surface area contributed by atoms with Crippen LogP contribution in [-0.2, 0) is 0 Å². The Kier molecular flexibility index (Phi) is 3.33. The van der Waals surface area contributed by atoms with Gasteiger partial charge in [0, 0.05) is 28.0 Å². The van der Waals surface area contributed by atoms with E-state index in [1.807, 2.05) is 31.3 Å². The number of ketones is 1. The Balaban J connectivity index is 1.92. The molecule has 2 aromatic heterocycles. The maximum Gasteiger partial charge on any atom is 0.213 e. The number of rotatable bonds is 3. The fourth-order valence-electron chi connectivity index (χ4n) is 3.23. The van der Waals surface area contributed by atoms with Gasteiger partial charge in [0.25, 0.3) is 0 Å². The van der Waals surface area contributed by atoms with Gasteiger partial charge < -0.3 is 14.7 Å². The van der Waals surface area contributed by atoms with Crippen molar-refractivity contribution in [2.75, 3.05) is 7.11 Å². The highest BCUT2D eigenvalue weighted by molar-refractivity contribution is 6.18. The molecule has 4 rings (SSSR count). The maximum absolute atomic E-state index is 13.2. The summed E-state index contributed by atoms with van der Waals surface area (Å²) in [5, 5.41) is 10.7. The molecule has 2 heterocycles.